The van der Waals surface area contributed by atoms with Crippen LogP contribution in [0.5, 0.6) is 0 Å². The molecule has 0 aromatic heterocycles. The smallest absolute Gasteiger partial charge is 0.0916 e. The van der Waals surface area contributed by atoms with Gasteiger partial charge in [-0.05, 0) is 25.8 Å². The predicted molar refractivity (Wildman–Crippen MR) is 77.8 cm³/mol. The summed E-state index contributed by atoms with van der Waals surface area (Å²) < 4.78 is 0. The largest absolute Gasteiger partial charge is 0.388 e. The average Bonchev–Trinajstić information content (AvgIpc) is 2.22. The Bertz CT molecular complexity index is 368. The maximum atomic E-state index is 7.34. The molecule has 0 saturated carbocycles. The van der Waals surface area contributed by atoms with E-state index in [2.05, 4.69) is 39.0 Å². The lowest BCUT2D eigenvalue weighted by molar-refractivity contribution is 0.848. The van der Waals surface area contributed by atoms with Crippen LogP contribution >= 0.6 is 11.8 Å². The van der Waals surface area contributed by atoms with Crippen LogP contribution in [0.3, 0.4) is 0 Å². The third-order valence-corrected chi connectivity index (χ3v) is 4.14. The molecule has 0 radical (unpaired) electrons. The summed E-state index contributed by atoms with van der Waals surface area (Å²) in [7, 11) is 0. The highest BCUT2D eigenvalue weighted by Crippen LogP contribution is 2.23. The van der Waals surface area contributed by atoms with Gasteiger partial charge in [-0.1, -0.05) is 36.2 Å². The number of aryl methyl sites for hydroxylation is 2. The molecule has 3 N–H and O–H groups in total. The van der Waals surface area contributed by atoms with Crippen molar-refractivity contribution in [2.75, 3.05) is 0 Å². The molecular formula is C14H22N2S. The number of hydrogen-bond donors (Lipinski definition) is 2. The number of nitrogens with one attached hydrogen (secondary N) is 1. The van der Waals surface area contributed by atoms with Gasteiger partial charge in [-0.25, -0.2) is 0 Å². The van der Waals surface area contributed by atoms with Gasteiger partial charge >= 0.3 is 0 Å². The lowest BCUT2D eigenvalue weighted by atomic mass is 10.1. The predicted octanol–water partition coefficient (Wildman–Crippen LogP) is 3.64. The Morgan fingerprint density at radius 2 is 1.88 bits per heavy atom. The monoisotopic (exact) mass is 250 g/mol. The van der Waals surface area contributed by atoms with E-state index in [1.807, 2.05) is 11.8 Å². The standard InChI is InChI=1S/C14H22N2S/c1-4-13(8-14(15)16)17-9-12-6-10(2)5-11(3)7-12/h5-7,13H,4,8-9H2,1-3H3,(H3,15,16). The summed E-state index contributed by atoms with van der Waals surface area (Å²) in [6.45, 7) is 6.42. The summed E-state index contributed by atoms with van der Waals surface area (Å²) in [4.78, 5) is 0. The molecule has 0 spiro atoms. The molecule has 94 valence electrons. The number of nitrogens with two attached hydrogens (primary N) is 1. The Kier molecular flexibility index (Phi) is 5.56. The first-order valence-corrected chi connectivity index (χ1v) is 7.07. The maximum absolute atomic E-state index is 7.34. The van der Waals surface area contributed by atoms with E-state index < -0.39 is 0 Å². The third kappa shape index (κ3) is 5.26. The van der Waals surface area contributed by atoms with Crippen LogP contribution in [0, 0.1) is 19.3 Å². The second kappa shape index (κ2) is 6.70. The number of rotatable bonds is 6. The van der Waals surface area contributed by atoms with Crippen LogP contribution < -0.4 is 5.73 Å². The van der Waals surface area contributed by atoms with Crippen molar-refractivity contribution < 1.29 is 0 Å². The van der Waals surface area contributed by atoms with Gasteiger partial charge < -0.3 is 5.73 Å². The molecule has 0 fully saturated rings. The molecule has 1 atom stereocenters. The van der Waals surface area contributed by atoms with E-state index in [0.717, 1.165) is 12.2 Å². The van der Waals surface area contributed by atoms with Crippen LogP contribution in [0.1, 0.15) is 36.5 Å². The summed E-state index contributed by atoms with van der Waals surface area (Å²) in [5, 5.41) is 7.81. The Balaban J connectivity index is 2.56. The molecule has 0 aliphatic heterocycles. The van der Waals surface area contributed by atoms with Gasteiger partial charge in [-0.3, -0.25) is 5.41 Å². The molecular weight excluding hydrogens is 228 g/mol. The fourth-order valence-corrected chi connectivity index (χ4v) is 3.06. The summed E-state index contributed by atoms with van der Waals surface area (Å²) >= 11 is 1.90. The average molecular weight is 250 g/mol. The van der Waals surface area contributed by atoms with Gasteiger partial charge in [0.1, 0.15) is 0 Å². The molecule has 0 saturated heterocycles. The van der Waals surface area contributed by atoms with Gasteiger partial charge in [0.05, 0.1) is 5.84 Å². The normalized spacial score (nSPS) is 12.4. The molecule has 2 nitrogen and oxygen atoms in total. The molecule has 0 aliphatic rings. The van der Waals surface area contributed by atoms with Crippen molar-refractivity contribution in [1.82, 2.24) is 0 Å². The minimum absolute atomic E-state index is 0.296. The molecule has 3 heteroatoms. The van der Waals surface area contributed by atoms with Crippen molar-refractivity contribution in [2.45, 2.75) is 44.6 Å². The van der Waals surface area contributed by atoms with E-state index in [-0.39, 0.29) is 0 Å². The van der Waals surface area contributed by atoms with E-state index in [1.165, 1.54) is 16.7 Å². The van der Waals surface area contributed by atoms with Crippen molar-refractivity contribution >= 4 is 17.6 Å². The number of hydrogen-bond acceptors (Lipinski definition) is 2. The van der Waals surface area contributed by atoms with E-state index in [0.29, 0.717) is 17.5 Å². The Morgan fingerprint density at radius 1 is 1.29 bits per heavy atom. The van der Waals surface area contributed by atoms with Crippen LogP contribution in [-0.2, 0) is 5.75 Å². The first-order valence-electron chi connectivity index (χ1n) is 6.03. The second-order valence-corrected chi connectivity index (χ2v) is 5.86. The quantitative estimate of drug-likeness (QED) is 0.598. The fourth-order valence-electron chi connectivity index (χ4n) is 1.93. The molecule has 1 rings (SSSR count). The zero-order chi connectivity index (χ0) is 12.8. The van der Waals surface area contributed by atoms with Gasteiger partial charge in [0.2, 0.25) is 0 Å². The van der Waals surface area contributed by atoms with Crippen LogP contribution in [0.2, 0.25) is 0 Å². The van der Waals surface area contributed by atoms with Crippen LogP contribution in [0.15, 0.2) is 18.2 Å². The second-order valence-electron chi connectivity index (χ2n) is 4.57. The van der Waals surface area contributed by atoms with Gasteiger partial charge in [-0.2, -0.15) is 11.8 Å². The molecule has 0 heterocycles. The minimum atomic E-state index is 0.296. The van der Waals surface area contributed by atoms with E-state index in [1.54, 1.807) is 0 Å². The van der Waals surface area contributed by atoms with Crippen LogP contribution in [-0.4, -0.2) is 11.1 Å². The van der Waals surface area contributed by atoms with Crippen LogP contribution in [0.25, 0.3) is 0 Å². The summed E-state index contributed by atoms with van der Waals surface area (Å²) in [5.74, 6) is 1.30. The molecule has 17 heavy (non-hydrogen) atoms. The Labute approximate surface area is 108 Å². The van der Waals surface area contributed by atoms with Gasteiger partial charge in [-0.15, -0.1) is 0 Å². The molecule has 1 aromatic carbocycles. The van der Waals surface area contributed by atoms with E-state index >= 15 is 0 Å². The van der Waals surface area contributed by atoms with Gasteiger partial charge in [0.25, 0.3) is 0 Å². The first kappa shape index (κ1) is 14.1. The lowest BCUT2D eigenvalue weighted by Gasteiger charge is -2.14. The van der Waals surface area contributed by atoms with Gasteiger partial charge in [0.15, 0.2) is 0 Å². The van der Waals surface area contributed by atoms with Crippen molar-refractivity contribution in [2.24, 2.45) is 5.73 Å². The molecule has 0 bridgehead atoms. The summed E-state index contributed by atoms with van der Waals surface area (Å²) in [5.41, 5.74) is 9.47. The molecule has 0 amide bonds. The Morgan fingerprint density at radius 3 is 2.35 bits per heavy atom. The third-order valence-electron chi connectivity index (χ3n) is 2.67. The number of amidine groups is 1. The summed E-state index contributed by atoms with van der Waals surface area (Å²) in [6, 6.07) is 6.67. The first-order chi connectivity index (χ1) is 8.01. The maximum Gasteiger partial charge on any atom is 0.0916 e. The number of thioether (sulfide) groups is 1. The van der Waals surface area contributed by atoms with Crippen molar-refractivity contribution in [3.63, 3.8) is 0 Å². The molecule has 1 unspecified atom stereocenters. The highest BCUT2D eigenvalue weighted by molar-refractivity contribution is 7.99. The zero-order valence-corrected chi connectivity index (χ0v) is 11.7. The zero-order valence-electron chi connectivity index (χ0n) is 10.9. The number of benzene rings is 1. The van der Waals surface area contributed by atoms with E-state index in [9.17, 15) is 0 Å². The fraction of sp³-hybridized carbons (Fsp3) is 0.500. The molecule has 0 aliphatic carbocycles. The SMILES string of the molecule is CCC(CC(=N)N)SCc1cc(C)cc(C)c1. The minimum Gasteiger partial charge on any atom is -0.388 e. The van der Waals surface area contributed by atoms with E-state index in [4.69, 9.17) is 11.1 Å². The highest BCUT2D eigenvalue weighted by Gasteiger charge is 2.08. The van der Waals surface area contributed by atoms with Crippen molar-refractivity contribution in [3.05, 3.63) is 34.9 Å². The van der Waals surface area contributed by atoms with Crippen LogP contribution in [0.4, 0.5) is 0 Å². The van der Waals surface area contributed by atoms with Gasteiger partial charge in [0, 0.05) is 17.4 Å². The summed E-state index contributed by atoms with van der Waals surface area (Å²) in [6.07, 6.45) is 1.76. The van der Waals surface area contributed by atoms with Crippen molar-refractivity contribution in [3.8, 4) is 0 Å². The van der Waals surface area contributed by atoms with Crippen molar-refractivity contribution in [1.29, 1.82) is 5.41 Å². The molecule has 1 aromatic rings. The Hall–Kier alpha value is -0.960. The topological polar surface area (TPSA) is 49.9 Å². The highest BCUT2D eigenvalue weighted by atomic mass is 32.2. The lowest BCUT2D eigenvalue weighted by Crippen LogP contribution is -2.16.